The Morgan fingerprint density at radius 1 is 1.80 bits per heavy atom. The summed E-state index contributed by atoms with van der Waals surface area (Å²) in [6, 6.07) is 0. The normalized spacial score (nSPS) is 26.8. The Bertz CT molecular complexity index is 177. The third-order valence-corrected chi connectivity index (χ3v) is 1.35. The molecule has 56 valence electrons. The molecule has 0 saturated carbocycles. The maximum absolute atomic E-state index is 10.7. The van der Waals surface area contributed by atoms with Gasteiger partial charge < -0.3 is 5.21 Å². The van der Waals surface area contributed by atoms with Crippen molar-refractivity contribution in [3.8, 4) is 0 Å². The van der Waals surface area contributed by atoms with Gasteiger partial charge in [-0.3, -0.25) is 9.97 Å². The molecule has 1 aliphatic heterocycles. The molecule has 1 unspecified atom stereocenters. The van der Waals surface area contributed by atoms with Crippen LogP contribution in [0.2, 0.25) is 0 Å². The van der Waals surface area contributed by atoms with Crippen LogP contribution in [0.15, 0.2) is 11.6 Å². The van der Waals surface area contributed by atoms with Crippen molar-refractivity contribution >= 4 is 5.91 Å². The maximum atomic E-state index is 10.7. The van der Waals surface area contributed by atoms with Gasteiger partial charge in [0.1, 0.15) is 6.54 Å². The predicted molar refractivity (Wildman–Crippen MR) is 35.7 cm³/mol. The van der Waals surface area contributed by atoms with Crippen molar-refractivity contribution in [2.24, 2.45) is 0 Å². The van der Waals surface area contributed by atoms with Crippen LogP contribution >= 0.6 is 0 Å². The first-order valence-corrected chi connectivity index (χ1v) is 3.17. The summed E-state index contributed by atoms with van der Waals surface area (Å²) < 4.78 is 0. The van der Waals surface area contributed by atoms with E-state index in [4.69, 9.17) is 0 Å². The zero-order valence-electron chi connectivity index (χ0n) is 5.81. The number of nitrogens with one attached hydrogen (secondary N) is 2. The zero-order chi connectivity index (χ0) is 7.56. The molecule has 0 saturated heterocycles. The predicted octanol–water partition coefficient (Wildman–Crippen LogP) is -1.25. The summed E-state index contributed by atoms with van der Waals surface area (Å²) in [4.78, 5) is 10.7. The minimum Gasteiger partial charge on any atom is -0.608 e. The van der Waals surface area contributed by atoms with Gasteiger partial charge in [-0.1, -0.05) is 5.57 Å². The first-order valence-electron chi connectivity index (χ1n) is 3.17. The fourth-order valence-electron chi connectivity index (χ4n) is 0.843. The standard InChI is InChI=1S/C6H10N2O2/c1-5-2-3-8(10)7-6(9)4-5/h2,8H,3-4H2,1H3,(H,7,9). The highest BCUT2D eigenvalue weighted by atomic mass is 16.5. The van der Waals surface area contributed by atoms with Crippen LogP contribution in [0.25, 0.3) is 0 Å². The number of hydroxylamine groups is 1. The Morgan fingerprint density at radius 2 is 2.50 bits per heavy atom. The minimum absolute atomic E-state index is 0.198. The lowest BCUT2D eigenvalue weighted by molar-refractivity contribution is -0.879. The molecule has 1 atom stereocenters. The highest BCUT2D eigenvalue weighted by Gasteiger charge is 2.09. The smallest absolute Gasteiger partial charge is 0.269 e. The molecule has 1 amide bonds. The van der Waals surface area contributed by atoms with Gasteiger partial charge in [-0.2, -0.15) is 0 Å². The van der Waals surface area contributed by atoms with E-state index in [2.05, 4.69) is 5.43 Å². The molecule has 10 heavy (non-hydrogen) atoms. The van der Waals surface area contributed by atoms with E-state index in [1.807, 2.05) is 6.92 Å². The molecule has 0 aromatic rings. The number of rotatable bonds is 0. The second-order valence-corrected chi connectivity index (χ2v) is 2.40. The van der Waals surface area contributed by atoms with Gasteiger partial charge in [0, 0.05) is 0 Å². The number of amides is 1. The van der Waals surface area contributed by atoms with E-state index < -0.39 is 0 Å². The second-order valence-electron chi connectivity index (χ2n) is 2.40. The van der Waals surface area contributed by atoms with Crippen LogP contribution in [0, 0.1) is 5.21 Å². The van der Waals surface area contributed by atoms with Gasteiger partial charge >= 0.3 is 0 Å². The van der Waals surface area contributed by atoms with Gasteiger partial charge in [-0.25, -0.2) is 5.43 Å². The van der Waals surface area contributed by atoms with Crippen molar-refractivity contribution in [2.75, 3.05) is 6.54 Å². The van der Waals surface area contributed by atoms with Crippen LogP contribution < -0.4 is 10.6 Å². The van der Waals surface area contributed by atoms with Gasteiger partial charge in [-0.05, 0) is 13.0 Å². The van der Waals surface area contributed by atoms with E-state index >= 15 is 0 Å². The summed E-state index contributed by atoms with van der Waals surface area (Å²) in [5.41, 5.74) is 3.20. The summed E-state index contributed by atoms with van der Waals surface area (Å²) in [6.45, 7) is 2.18. The van der Waals surface area contributed by atoms with E-state index in [-0.39, 0.29) is 11.1 Å². The van der Waals surface area contributed by atoms with Crippen molar-refractivity contribution in [3.63, 3.8) is 0 Å². The van der Waals surface area contributed by atoms with E-state index in [9.17, 15) is 10.0 Å². The quantitative estimate of drug-likeness (QED) is 0.328. The molecule has 0 aromatic carbocycles. The van der Waals surface area contributed by atoms with Crippen LogP contribution in [-0.2, 0) is 4.79 Å². The minimum atomic E-state index is -0.207. The van der Waals surface area contributed by atoms with Crippen LogP contribution in [-0.4, -0.2) is 12.5 Å². The van der Waals surface area contributed by atoms with Crippen LogP contribution in [0.4, 0.5) is 0 Å². The molecule has 1 heterocycles. The Labute approximate surface area is 59.1 Å². The van der Waals surface area contributed by atoms with Crippen LogP contribution in [0.1, 0.15) is 13.3 Å². The lowest BCUT2D eigenvalue weighted by Crippen LogP contribution is -3.14. The molecule has 0 bridgehead atoms. The van der Waals surface area contributed by atoms with E-state index in [1.165, 1.54) is 0 Å². The maximum Gasteiger partial charge on any atom is 0.269 e. The lowest BCUT2D eigenvalue weighted by atomic mass is 10.2. The first kappa shape index (κ1) is 7.24. The third-order valence-electron chi connectivity index (χ3n) is 1.35. The zero-order valence-corrected chi connectivity index (χ0v) is 5.81. The molecule has 0 aromatic heterocycles. The Balaban J connectivity index is 2.61. The summed E-state index contributed by atoms with van der Waals surface area (Å²) in [6.07, 6.45) is 2.13. The molecule has 0 fully saturated rings. The summed E-state index contributed by atoms with van der Waals surface area (Å²) in [5, 5.41) is 10.5. The molecule has 0 aliphatic carbocycles. The number of hydrogen-bond donors (Lipinski definition) is 2. The number of quaternary nitrogens is 1. The van der Waals surface area contributed by atoms with E-state index in [1.54, 1.807) is 6.08 Å². The van der Waals surface area contributed by atoms with E-state index in [0.717, 1.165) is 5.57 Å². The molecule has 4 nitrogen and oxygen atoms in total. The van der Waals surface area contributed by atoms with Gasteiger partial charge in [-0.15, -0.1) is 0 Å². The Hall–Kier alpha value is -0.870. The molecule has 0 spiro atoms. The summed E-state index contributed by atoms with van der Waals surface area (Å²) >= 11 is 0. The number of carbonyl (C=O) groups excluding carboxylic acids is 1. The molecule has 1 aliphatic rings. The van der Waals surface area contributed by atoms with Gasteiger partial charge in [0.2, 0.25) is 0 Å². The third kappa shape index (κ3) is 1.82. The highest BCUT2D eigenvalue weighted by molar-refractivity contribution is 5.77. The highest BCUT2D eigenvalue weighted by Crippen LogP contribution is 1.98. The monoisotopic (exact) mass is 142 g/mol. The average molecular weight is 142 g/mol. The molecule has 2 N–H and O–H groups in total. The second kappa shape index (κ2) is 2.81. The molecular weight excluding hydrogens is 132 g/mol. The molecular formula is C6H10N2O2. The summed E-state index contributed by atoms with van der Waals surface area (Å²) in [7, 11) is 0. The molecule has 4 heteroatoms. The Kier molecular flexibility index (Phi) is 2.03. The van der Waals surface area contributed by atoms with Gasteiger partial charge in [0.05, 0.1) is 6.42 Å². The topological polar surface area (TPSA) is 56.6 Å². The van der Waals surface area contributed by atoms with Gasteiger partial charge in [0.15, 0.2) is 0 Å². The van der Waals surface area contributed by atoms with Crippen molar-refractivity contribution in [3.05, 3.63) is 16.9 Å². The Morgan fingerprint density at radius 3 is 3.20 bits per heavy atom. The van der Waals surface area contributed by atoms with Crippen molar-refractivity contribution in [2.45, 2.75) is 13.3 Å². The SMILES string of the molecule is CC1=CC[NH+]([O-])NC(=O)C1. The van der Waals surface area contributed by atoms with E-state index in [0.29, 0.717) is 13.0 Å². The van der Waals surface area contributed by atoms with Crippen LogP contribution in [0.3, 0.4) is 0 Å². The summed E-state index contributed by atoms with van der Waals surface area (Å²) in [5.74, 6) is -0.198. The van der Waals surface area contributed by atoms with Crippen molar-refractivity contribution in [1.82, 2.24) is 5.43 Å². The van der Waals surface area contributed by atoms with Crippen LogP contribution in [0.5, 0.6) is 0 Å². The van der Waals surface area contributed by atoms with Crippen molar-refractivity contribution in [1.29, 1.82) is 0 Å². The fourth-order valence-corrected chi connectivity index (χ4v) is 0.843. The average Bonchev–Trinajstić information content (AvgIpc) is 1.93. The first-order chi connectivity index (χ1) is 4.68. The molecule has 1 rings (SSSR count). The molecule has 0 radical (unpaired) electrons. The number of carbonyl (C=O) groups is 1. The number of hydrogen-bond acceptors (Lipinski definition) is 2. The largest absolute Gasteiger partial charge is 0.608 e. The fraction of sp³-hybridized carbons (Fsp3) is 0.500. The van der Waals surface area contributed by atoms with Gasteiger partial charge in [0.25, 0.3) is 5.91 Å². The lowest BCUT2D eigenvalue weighted by Gasteiger charge is -2.17. The van der Waals surface area contributed by atoms with Crippen molar-refractivity contribution < 1.29 is 9.97 Å².